The number of hydrogen-bond donors (Lipinski definition) is 2. The van der Waals surface area contributed by atoms with Gasteiger partial charge in [-0.25, -0.2) is 4.98 Å². The van der Waals surface area contributed by atoms with Crippen molar-refractivity contribution in [2.75, 3.05) is 11.9 Å². The molecule has 0 spiro atoms. The molecule has 0 bridgehead atoms. The fourth-order valence-electron chi connectivity index (χ4n) is 2.54. The summed E-state index contributed by atoms with van der Waals surface area (Å²) in [5.41, 5.74) is 9.21. The van der Waals surface area contributed by atoms with Gasteiger partial charge in [0, 0.05) is 31.0 Å². The van der Waals surface area contributed by atoms with E-state index >= 15 is 0 Å². The summed E-state index contributed by atoms with van der Waals surface area (Å²) in [6.07, 6.45) is -0.223. The van der Waals surface area contributed by atoms with E-state index in [-0.39, 0.29) is 35.7 Å². The molecule has 0 fully saturated rings. The Bertz CT molecular complexity index is 954. The third-order valence-electron chi connectivity index (χ3n) is 3.74. The van der Waals surface area contributed by atoms with Crippen LogP contribution in [0.3, 0.4) is 0 Å². The Kier molecular flexibility index (Phi) is 7.11. The summed E-state index contributed by atoms with van der Waals surface area (Å²) in [6.45, 7) is 2.42. The minimum atomic E-state index is -4.72. The minimum Gasteiger partial charge on any atom is -0.406 e. The smallest absolute Gasteiger partial charge is 0.406 e. The second kappa shape index (κ2) is 9.13. The molecular formula is C18H19F3IN5O. The minimum absolute atomic E-state index is 0. The van der Waals surface area contributed by atoms with Crippen LogP contribution in [0.15, 0.2) is 53.8 Å². The lowest BCUT2D eigenvalue weighted by atomic mass is 10.3. The Balaban J connectivity index is 0.00000280. The molecule has 3 rings (SSSR count). The molecule has 0 amide bonds. The SMILES string of the molecule is Cc1cccn2cc(CCN=C(N)Nc3ccc(OC(F)(F)F)cc3)nc12.I. The maximum Gasteiger partial charge on any atom is 0.573 e. The van der Waals surface area contributed by atoms with Gasteiger partial charge in [0.15, 0.2) is 5.96 Å². The maximum absolute atomic E-state index is 12.1. The van der Waals surface area contributed by atoms with Crippen LogP contribution in [0.1, 0.15) is 11.3 Å². The number of pyridine rings is 1. The molecule has 3 N–H and O–H groups in total. The summed E-state index contributed by atoms with van der Waals surface area (Å²) < 4.78 is 42.2. The summed E-state index contributed by atoms with van der Waals surface area (Å²) >= 11 is 0. The van der Waals surface area contributed by atoms with Gasteiger partial charge in [0.05, 0.1) is 5.69 Å². The predicted octanol–water partition coefficient (Wildman–Crippen LogP) is 4.13. The van der Waals surface area contributed by atoms with Crippen LogP contribution in [-0.2, 0) is 6.42 Å². The molecule has 6 nitrogen and oxygen atoms in total. The van der Waals surface area contributed by atoms with Crippen molar-refractivity contribution in [3.8, 4) is 5.75 Å². The zero-order valence-electron chi connectivity index (χ0n) is 14.9. The molecular weight excluding hydrogens is 486 g/mol. The van der Waals surface area contributed by atoms with Crippen LogP contribution < -0.4 is 15.8 Å². The van der Waals surface area contributed by atoms with E-state index in [1.54, 1.807) is 0 Å². The fraction of sp³-hybridized carbons (Fsp3) is 0.222. The highest BCUT2D eigenvalue weighted by Crippen LogP contribution is 2.23. The van der Waals surface area contributed by atoms with E-state index in [4.69, 9.17) is 5.73 Å². The quantitative estimate of drug-likeness (QED) is 0.311. The van der Waals surface area contributed by atoms with E-state index in [1.807, 2.05) is 35.9 Å². The van der Waals surface area contributed by atoms with Gasteiger partial charge in [-0.3, -0.25) is 4.99 Å². The highest BCUT2D eigenvalue weighted by Gasteiger charge is 2.30. The van der Waals surface area contributed by atoms with Crippen LogP contribution in [0, 0.1) is 6.92 Å². The lowest BCUT2D eigenvalue weighted by Crippen LogP contribution is -2.23. The van der Waals surface area contributed by atoms with Gasteiger partial charge in [-0.05, 0) is 42.8 Å². The molecule has 0 unspecified atom stereocenters. The van der Waals surface area contributed by atoms with Gasteiger partial charge >= 0.3 is 6.36 Å². The zero-order chi connectivity index (χ0) is 19.4. The molecule has 0 aliphatic rings. The predicted molar refractivity (Wildman–Crippen MR) is 112 cm³/mol. The average molecular weight is 505 g/mol. The number of guanidine groups is 1. The van der Waals surface area contributed by atoms with Gasteiger partial charge in [0.2, 0.25) is 0 Å². The molecule has 0 saturated carbocycles. The summed E-state index contributed by atoms with van der Waals surface area (Å²) in [5, 5.41) is 2.82. The van der Waals surface area contributed by atoms with Gasteiger partial charge in [0.1, 0.15) is 11.4 Å². The van der Waals surface area contributed by atoms with E-state index in [2.05, 4.69) is 20.0 Å². The second-order valence-electron chi connectivity index (χ2n) is 5.87. The molecule has 2 heterocycles. The van der Waals surface area contributed by atoms with E-state index < -0.39 is 6.36 Å². The van der Waals surface area contributed by atoms with Crippen molar-refractivity contribution in [2.45, 2.75) is 19.7 Å². The first-order chi connectivity index (χ1) is 12.8. The molecule has 28 heavy (non-hydrogen) atoms. The summed E-state index contributed by atoms with van der Waals surface area (Å²) in [4.78, 5) is 8.77. The summed E-state index contributed by atoms with van der Waals surface area (Å²) in [6, 6.07) is 9.20. The first-order valence-electron chi connectivity index (χ1n) is 8.16. The fourth-order valence-corrected chi connectivity index (χ4v) is 2.54. The van der Waals surface area contributed by atoms with Crippen LogP contribution in [-0.4, -0.2) is 28.3 Å². The van der Waals surface area contributed by atoms with Crippen molar-refractivity contribution < 1.29 is 17.9 Å². The van der Waals surface area contributed by atoms with Crippen LogP contribution in [0.25, 0.3) is 5.65 Å². The number of nitrogens with zero attached hydrogens (tertiary/aromatic N) is 3. The van der Waals surface area contributed by atoms with E-state index in [9.17, 15) is 13.2 Å². The van der Waals surface area contributed by atoms with Gasteiger partial charge in [-0.2, -0.15) is 0 Å². The normalized spacial score (nSPS) is 11.9. The van der Waals surface area contributed by atoms with Crippen molar-refractivity contribution in [3.05, 3.63) is 60.0 Å². The topological polar surface area (TPSA) is 76.9 Å². The second-order valence-corrected chi connectivity index (χ2v) is 5.87. The number of anilines is 1. The summed E-state index contributed by atoms with van der Waals surface area (Å²) in [7, 11) is 0. The van der Waals surface area contributed by atoms with Crippen molar-refractivity contribution in [1.29, 1.82) is 0 Å². The summed E-state index contributed by atoms with van der Waals surface area (Å²) in [5.74, 6) is -0.134. The monoisotopic (exact) mass is 505 g/mol. The number of fused-ring (bicyclic) bond motifs is 1. The Morgan fingerprint density at radius 3 is 2.61 bits per heavy atom. The number of ether oxygens (including phenoxy) is 1. The molecule has 0 aliphatic carbocycles. The molecule has 1 aromatic carbocycles. The molecule has 10 heteroatoms. The van der Waals surface area contributed by atoms with Crippen molar-refractivity contribution in [1.82, 2.24) is 9.38 Å². The third-order valence-corrected chi connectivity index (χ3v) is 3.74. The molecule has 0 aliphatic heterocycles. The van der Waals surface area contributed by atoms with Crippen molar-refractivity contribution in [2.24, 2.45) is 10.7 Å². The Morgan fingerprint density at radius 2 is 1.96 bits per heavy atom. The van der Waals surface area contributed by atoms with Crippen LogP contribution in [0.4, 0.5) is 18.9 Å². The van der Waals surface area contributed by atoms with Crippen molar-refractivity contribution in [3.63, 3.8) is 0 Å². The molecule has 0 radical (unpaired) electrons. The number of imidazole rings is 1. The number of aliphatic imine (C=N–C) groups is 1. The largest absolute Gasteiger partial charge is 0.573 e. The van der Waals surface area contributed by atoms with E-state index in [1.165, 1.54) is 24.3 Å². The molecule has 0 saturated heterocycles. The molecule has 0 atom stereocenters. The van der Waals surface area contributed by atoms with Gasteiger partial charge in [-0.15, -0.1) is 37.1 Å². The first kappa shape index (κ1) is 21.8. The number of rotatable bonds is 5. The van der Waals surface area contributed by atoms with Crippen LogP contribution in [0.2, 0.25) is 0 Å². The Labute approximate surface area is 176 Å². The lowest BCUT2D eigenvalue weighted by molar-refractivity contribution is -0.274. The number of halogens is 4. The van der Waals surface area contributed by atoms with Gasteiger partial charge in [0.25, 0.3) is 0 Å². The number of aromatic nitrogens is 2. The number of benzene rings is 1. The molecule has 3 aromatic rings. The molecule has 150 valence electrons. The standard InChI is InChI=1S/C18H18F3N5O.HI/c1-12-3-2-10-26-11-14(24-16(12)26)8-9-23-17(22)25-13-4-6-15(7-5-13)27-18(19,20)21;/h2-7,10-11H,8-9H2,1H3,(H3,22,23,25);1H. The Hall–Kier alpha value is -2.50. The number of hydrogen-bond acceptors (Lipinski definition) is 3. The first-order valence-corrected chi connectivity index (χ1v) is 8.16. The number of nitrogens with two attached hydrogens (primary N) is 1. The Morgan fingerprint density at radius 1 is 1.25 bits per heavy atom. The van der Waals surface area contributed by atoms with E-state index in [0.29, 0.717) is 18.7 Å². The van der Waals surface area contributed by atoms with E-state index in [0.717, 1.165) is 16.9 Å². The number of aryl methyl sites for hydroxylation is 1. The lowest BCUT2D eigenvalue weighted by Gasteiger charge is -2.10. The highest BCUT2D eigenvalue weighted by atomic mass is 127. The van der Waals surface area contributed by atoms with Crippen molar-refractivity contribution >= 4 is 41.3 Å². The highest BCUT2D eigenvalue weighted by molar-refractivity contribution is 14.0. The third kappa shape index (κ3) is 6.01. The number of alkyl halides is 3. The maximum atomic E-state index is 12.1. The zero-order valence-corrected chi connectivity index (χ0v) is 17.2. The van der Waals surface area contributed by atoms with Crippen LogP contribution >= 0.6 is 24.0 Å². The van der Waals surface area contributed by atoms with Gasteiger partial charge in [-0.1, -0.05) is 6.07 Å². The average Bonchev–Trinajstić information content (AvgIpc) is 3.00. The number of nitrogens with one attached hydrogen (secondary N) is 1. The van der Waals surface area contributed by atoms with Gasteiger partial charge < -0.3 is 20.2 Å². The van der Waals surface area contributed by atoms with Crippen LogP contribution in [0.5, 0.6) is 5.75 Å². The molecule has 2 aromatic heterocycles.